The van der Waals surface area contributed by atoms with E-state index in [2.05, 4.69) is 17.4 Å². The van der Waals surface area contributed by atoms with Crippen LogP contribution in [0.25, 0.3) is 0 Å². The van der Waals surface area contributed by atoms with Crippen LogP contribution in [0, 0.1) is 0 Å². The van der Waals surface area contributed by atoms with E-state index in [1.54, 1.807) is 0 Å². The molecular formula is C14H27NO6P2+2. The van der Waals surface area contributed by atoms with Crippen LogP contribution in [0.1, 0.15) is 33.3 Å². The molecule has 0 bridgehead atoms. The zero-order valence-corrected chi connectivity index (χ0v) is 16.0. The van der Waals surface area contributed by atoms with Crippen molar-refractivity contribution in [2.24, 2.45) is 0 Å². The number of rotatable bonds is 6. The second-order valence-electron chi connectivity index (χ2n) is 4.80. The zero-order valence-electron chi connectivity index (χ0n) is 14.2. The standard InChI is InChI=1S/C8H11N.C6H14O3P.HO3P/c1-9-7-8-5-3-2-4-6-8;1-5(2)8-10(7)9-6(3)4;1-4(2)3/h2-6,9H,7H2,1H3;5-6H,1-4H3;(H-,1,2,3)/q;+1;/p+1. The van der Waals surface area contributed by atoms with Crippen molar-refractivity contribution in [3.8, 4) is 0 Å². The average Bonchev–Trinajstić information content (AvgIpc) is 2.38. The Morgan fingerprint density at radius 3 is 1.70 bits per heavy atom. The van der Waals surface area contributed by atoms with Crippen LogP contribution in [-0.2, 0) is 24.7 Å². The minimum absolute atomic E-state index is 0.0395. The van der Waals surface area contributed by atoms with Crippen LogP contribution in [0.4, 0.5) is 0 Å². The monoisotopic (exact) mass is 367 g/mol. The molecule has 0 saturated heterocycles. The Kier molecular flexibility index (Phi) is 17.1. The van der Waals surface area contributed by atoms with Gasteiger partial charge in [-0.05, 0) is 40.3 Å². The summed E-state index contributed by atoms with van der Waals surface area (Å²) in [6.07, 6.45) is -0.0790. The predicted octanol–water partition coefficient (Wildman–Crippen LogP) is 3.53. The first kappa shape index (κ1) is 24.5. The highest BCUT2D eigenvalue weighted by atomic mass is 31.1. The molecule has 132 valence electrons. The van der Waals surface area contributed by atoms with E-state index in [0.29, 0.717) is 0 Å². The smallest absolute Gasteiger partial charge is 0.316 e. The van der Waals surface area contributed by atoms with Crippen molar-refractivity contribution in [2.75, 3.05) is 7.05 Å². The minimum Gasteiger partial charge on any atom is -0.316 e. The van der Waals surface area contributed by atoms with Crippen LogP contribution in [0.3, 0.4) is 0 Å². The fraction of sp³-hybridized carbons (Fsp3) is 0.571. The number of hydrogen-bond donors (Lipinski definition) is 3. The van der Waals surface area contributed by atoms with Gasteiger partial charge < -0.3 is 5.32 Å². The highest BCUT2D eigenvalue weighted by molar-refractivity contribution is 7.33. The molecule has 1 aromatic carbocycles. The van der Waals surface area contributed by atoms with E-state index < -0.39 is 16.5 Å². The Balaban J connectivity index is 0. The van der Waals surface area contributed by atoms with Gasteiger partial charge in [0.2, 0.25) is 0 Å². The average molecular weight is 367 g/mol. The van der Waals surface area contributed by atoms with E-state index in [1.807, 2.05) is 52.9 Å². The molecule has 7 nitrogen and oxygen atoms in total. The summed E-state index contributed by atoms with van der Waals surface area (Å²) in [6.45, 7) is 8.22. The van der Waals surface area contributed by atoms with Crippen molar-refractivity contribution < 1.29 is 28.0 Å². The van der Waals surface area contributed by atoms with Gasteiger partial charge in [-0.3, -0.25) is 0 Å². The van der Waals surface area contributed by atoms with E-state index in [-0.39, 0.29) is 12.2 Å². The Morgan fingerprint density at radius 2 is 1.39 bits per heavy atom. The van der Waals surface area contributed by atoms with Gasteiger partial charge in [0.15, 0.2) is 0 Å². The molecule has 0 radical (unpaired) electrons. The molecule has 0 aliphatic carbocycles. The van der Waals surface area contributed by atoms with Crippen molar-refractivity contribution in [2.45, 2.75) is 46.4 Å². The first-order chi connectivity index (χ1) is 10.7. The first-order valence-electron chi connectivity index (χ1n) is 7.03. The van der Waals surface area contributed by atoms with E-state index in [0.717, 1.165) is 6.54 Å². The quantitative estimate of drug-likeness (QED) is 0.661. The summed E-state index contributed by atoms with van der Waals surface area (Å²) in [6, 6.07) is 10.3. The van der Waals surface area contributed by atoms with Crippen LogP contribution < -0.4 is 5.32 Å². The fourth-order valence-electron chi connectivity index (χ4n) is 1.17. The molecule has 0 fully saturated rings. The zero-order chi connectivity index (χ0) is 18.3. The molecule has 0 heterocycles. The van der Waals surface area contributed by atoms with Crippen molar-refractivity contribution in [1.82, 2.24) is 5.32 Å². The largest absolute Gasteiger partial charge is 0.697 e. The van der Waals surface area contributed by atoms with Crippen LogP contribution in [0.15, 0.2) is 30.3 Å². The van der Waals surface area contributed by atoms with Crippen molar-refractivity contribution in [1.29, 1.82) is 0 Å². The SMILES string of the molecule is CC(C)O[P+](=O)OC(C)C.CNCc1ccccc1.O=[P+](O)O. The van der Waals surface area contributed by atoms with Crippen LogP contribution in [0.2, 0.25) is 0 Å². The van der Waals surface area contributed by atoms with E-state index >= 15 is 0 Å². The summed E-state index contributed by atoms with van der Waals surface area (Å²) >= 11 is 0. The van der Waals surface area contributed by atoms with Crippen LogP contribution >= 0.6 is 16.5 Å². The summed E-state index contributed by atoms with van der Waals surface area (Å²) < 4.78 is 29.2. The molecule has 0 saturated carbocycles. The second-order valence-corrected chi connectivity index (χ2v) is 6.17. The van der Waals surface area contributed by atoms with Gasteiger partial charge >= 0.3 is 16.5 Å². The van der Waals surface area contributed by atoms with Crippen LogP contribution in [-0.4, -0.2) is 29.0 Å². The summed E-state index contributed by atoms with van der Waals surface area (Å²) in [5.74, 6) is 0. The van der Waals surface area contributed by atoms with Gasteiger partial charge in [-0.15, -0.1) is 18.8 Å². The topological polar surface area (TPSA) is 105 Å². The molecule has 23 heavy (non-hydrogen) atoms. The maximum absolute atomic E-state index is 10.8. The van der Waals surface area contributed by atoms with Gasteiger partial charge in [0, 0.05) is 15.7 Å². The minimum atomic E-state index is -2.87. The highest BCUT2D eigenvalue weighted by Gasteiger charge is 2.23. The summed E-state index contributed by atoms with van der Waals surface area (Å²) in [7, 11) is -2.83. The molecular weight excluding hydrogens is 340 g/mol. The normalized spacial score (nSPS) is 9.61. The summed E-state index contributed by atoms with van der Waals surface area (Å²) in [5.41, 5.74) is 1.33. The summed E-state index contributed by atoms with van der Waals surface area (Å²) in [4.78, 5) is 14.2. The molecule has 9 heteroatoms. The van der Waals surface area contributed by atoms with E-state index in [9.17, 15) is 4.57 Å². The predicted molar refractivity (Wildman–Crippen MR) is 91.3 cm³/mol. The molecule has 0 atom stereocenters. The molecule has 0 spiro atoms. The number of hydrogen-bond acceptors (Lipinski definition) is 5. The fourth-order valence-corrected chi connectivity index (χ4v) is 1.91. The lowest BCUT2D eigenvalue weighted by molar-refractivity contribution is 0.161. The Labute approximate surface area is 139 Å². The van der Waals surface area contributed by atoms with E-state index in [4.69, 9.17) is 23.4 Å². The Bertz CT molecular complexity index is 413. The van der Waals surface area contributed by atoms with Gasteiger partial charge in [-0.2, -0.15) is 0 Å². The molecule has 0 aliphatic heterocycles. The molecule has 1 aromatic rings. The first-order valence-corrected chi connectivity index (χ1v) is 9.29. The third-order valence-electron chi connectivity index (χ3n) is 1.82. The van der Waals surface area contributed by atoms with Crippen molar-refractivity contribution in [3.05, 3.63) is 35.9 Å². The van der Waals surface area contributed by atoms with Gasteiger partial charge in [-0.25, -0.2) is 0 Å². The van der Waals surface area contributed by atoms with E-state index in [1.165, 1.54) is 5.56 Å². The Hall–Kier alpha value is -0.780. The molecule has 0 aliphatic rings. The lowest BCUT2D eigenvalue weighted by Crippen LogP contribution is -2.04. The lowest BCUT2D eigenvalue weighted by atomic mass is 10.2. The molecule has 0 aromatic heterocycles. The van der Waals surface area contributed by atoms with Gasteiger partial charge in [0.05, 0.1) is 0 Å². The Morgan fingerprint density at radius 1 is 1.00 bits per heavy atom. The molecule has 0 unspecified atom stereocenters. The summed E-state index contributed by atoms with van der Waals surface area (Å²) in [5, 5.41) is 3.08. The molecule has 3 N–H and O–H groups in total. The highest BCUT2D eigenvalue weighted by Crippen LogP contribution is 2.27. The second kappa shape index (κ2) is 16.1. The maximum Gasteiger partial charge on any atom is 0.697 e. The van der Waals surface area contributed by atoms with Crippen molar-refractivity contribution in [3.63, 3.8) is 0 Å². The third-order valence-corrected chi connectivity index (χ3v) is 3.01. The molecule has 1 rings (SSSR count). The van der Waals surface area contributed by atoms with Gasteiger partial charge in [0.1, 0.15) is 12.2 Å². The van der Waals surface area contributed by atoms with Gasteiger partial charge in [-0.1, -0.05) is 30.3 Å². The lowest BCUT2D eigenvalue weighted by Gasteiger charge is -1.95. The third kappa shape index (κ3) is 23.6. The van der Waals surface area contributed by atoms with Gasteiger partial charge in [0.25, 0.3) is 0 Å². The number of benzene rings is 1. The molecule has 0 amide bonds. The van der Waals surface area contributed by atoms with Crippen molar-refractivity contribution >= 4 is 16.5 Å². The number of nitrogens with one attached hydrogen (secondary N) is 1. The van der Waals surface area contributed by atoms with Crippen LogP contribution in [0.5, 0.6) is 0 Å². The maximum atomic E-state index is 10.8.